The topological polar surface area (TPSA) is 59.4 Å². The summed E-state index contributed by atoms with van der Waals surface area (Å²) in [4.78, 5) is 14.4. The van der Waals surface area contributed by atoms with Gasteiger partial charge in [-0.05, 0) is 39.5 Å². The lowest BCUT2D eigenvalue weighted by molar-refractivity contribution is -0.0362. The fourth-order valence-corrected chi connectivity index (χ4v) is 3.56. The van der Waals surface area contributed by atoms with Gasteiger partial charge < -0.3 is 15.0 Å². The Morgan fingerprint density at radius 3 is 2.68 bits per heavy atom. The zero-order valence-electron chi connectivity index (χ0n) is 13.8. The molecule has 0 radical (unpaired) electrons. The number of nitrogens with one attached hydrogen (secondary N) is 1. The van der Waals surface area contributed by atoms with Crippen molar-refractivity contribution in [3.8, 4) is 0 Å². The Morgan fingerprint density at radius 2 is 2.14 bits per heavy atom. The second-order valence-corrected chi connectivity index (χ2v) is 6.60. The Hall–Kier alpha value is -1.56. The van der Waals surface area contributed by atoms with Crippen molar-refractivity contribution in [2.45, 2.75) is 51.2 Å². The minimum Gasteiger partial charge on any atom is -0.375 e. The molecule has 0 aliphatic carbocycles. The van der Waals surface area contributed by atoms with Crippen LogP contribution in [0.25, 0.3) is 0 Å². The number of nitrogens with zero attached hydrogens (tertiary/aromatic N) is 3. The summed E-state index contributed by atoms with van der Waals surface area (Å²) in [6.45, 7) is 6.47. The number of amides is 2. The Kier molecular flexibility index (Phi) is 4.12. The van der Waals surface area contributed by atoms with Gasteiger partial charge in [0.05, 0.1) is 17.8 Å². The van der Waals surface area contributed by atoms with Crippen molar-refractivity contribution >= 4 is 6.03 Å². The highest BCUT2D eigenvalue weighted by Gasteiger charge is 2.39. The first kappa shape index (κ1) is 15.3. The van der Waals surface area contributed by atoms with Crippen LogP contribution in [-0.2, 0) is 11.8 Å². The van der Waals surface area contributed by atoms with E-state index in [-0.39, 0.29) is 17.7 Å². The number of hydrogen-bond acceptors (Lipinski definition) is 3. The Morgan fingerprint density at radius 1 is 1.41 bits per heavy atom. The van der Waals surface area contributed by atoms with Crippen LogP contribution in [-0.4, -0.2) is 46.0 Å². The molecule has 0 aromatic carbocycles. The smallest absolute Gasteiger partial charge is 0.317 e. The molecule has 2 aliphatic heterocycles. The van der Waals surface area contributed by atoms with Gasteiger partial charge in [-0.1, -0.05) is 0 Å². The number of urea groups is 1. The van der Waals surface area contributed by atoms with Crippen molar-refractivity contribution in [1.29, 1.82) is 0 Å². The van der Waals surface area contributed by atoms with E-state index in [0.29, 0.717) is 0 Å². The summed E-state index contributed by atoms with van der Waals surface area (Å²) in [7, 11) is 1.92. The third kappa shape index (κ3) is 2.84. The average Bonchev–Trinajstić information content (AvgIpc) is 3.08. The van der Waals surface area contributed by atoms with Gasteiger partial charge in [0.2, 0.25) is 0 Å². The second-order valence-electron chi connectivity index (χ2n) is 6.60. The fraction of sp³-hybridized carbons (Fsp3) is 0.750. The number of rotatable bonds is 2. The number of likely N-dealkylation sites (tertiary alicyclic amines) is 1. The number of ether oxygens (including phenoxy) is 1. The van der Waals surface area contributed by atoms with Crippen LogP contribution in [0.15, 0.2) is 6.20 Å². The van der Waals surface area contributed by atoms with Gasteiger partial charge in [-0.15, -0.1) is 0 Å². The summed E-state index contributed by atoms with van der Waals surface area (Å²) >= 11 is 0. The Balaban J connectivity index is 1.55. The average molecular weight is 306 g/mol. The molecule has 122 valence electrons. The quantitative estimate of drug-likeness (QED) is 0.910. The van der Waals surface area contributed by atoms with Crippen molar-refractivity contribution in [2.24, 2.45) is 7.05 Å². The highest BCUT2D eigenvalue weighted by Crippen LogP contribution is 2.35. The molecule has 6 nitrogen and oxygen atoms in total. The lowest BCUT2D eigenvalue weighted by Gasteiger charge is -2.38. The number of carbonyl (C=O) groups excluding carboxylic acids is 1. The van der Waals surface area contributed by atoms with Crippen molar-refractivity contribution < 1.29 is 9.53 Å². The van der Waals surface area contributed by atoms with E-state index in [1.165, 1.54) is 0 Å². The van der Waals surface area contributed by atoms with Gasteiger partial charge >= 0.3 is 6.03 Å². The molecule has 22 heavy (non-hydrogen) atoms. The summed E-state index contributed by atoms with van der Waals surface area (Å²) in [5, 5.41) is 7.33. The molecular formula is C16H26N4O2. The van der Waals surface area contributed by atoms with Gasteiger partial charge in [0.25, 0.3) is 0 Å². The highest BCUT2D eigenvalue weighted by molar-refractivity contribution is 5.74. The first-order chi connectivity index (χ1) is 10.5. The lowest BCUT2D eigenvalue weighted by atomic mass is 9.89. The van der Waals surface area contributed by atoms with Gasteiger partial charge in [-0.3, -0.25) is 4.68 Å². The predicted octanol–water partition coefficient (Wildman–Crippen LogP) is 2.14. The van der Waals surface area contributed by atoms with E-state index in [9.17, 15) is 4.79 Å². The summed E-state index contributed by atoms with van der Waals surface area (Å²) < 4.78 is 7.74. The molecule has 1 aromatic rings. The van der Waals surface area contributed by atoms with Crippen LogP contribution in [0.3, 0.4) is 0 Å². The van der Waals surface area contributed by atoms with Crippen LogP contribution in [0.5, 0.6) is 0 Å². The van der Waals surface area contributed by atoms with Gasteiger partial charge in [0.1, 0.15) is 0 Å². The third-order valence-corrected chi connectivity index (χ3v) is 5.23. The molecule has 6 heteroatoms. The molecule has 1 atom stereocenters. The summed E-state index contributed by atoms with van der Waals surface area (Å²) in [6.07, 6.45) is 6.05. The lowest BCUT2D eigenvalue weighted by Crippen LogP contribution is -2.50. The Labute approximate surface area is 131 Å². The van der Waals surface area contributed by atoms with E-state index < -0.39 is 0 Å². The minimum absolute atomic E-state index is 0.0172. The minimum atomic E-state index is -0.0279. The van der Waals surface area contributed by atoms with Crippen LogP contribution in [0.2, 0.25) is 0 Å². The largest absolute Gasteiger partial charge is 0.375 e. The summed E-state index contributed by atoms with van der Waals surface area (Å²) in [6, 6.07) is -0.0107. The molecule has 2 saturated heterocycles. The molecule has 1 N–H and O–H groups in total. The van der Waals surface area contributed by atoms with Crippen LogP contribution >= 0.6 is 0 Å². The zero-order chi connectivity index (χ0) is 15.7. The standard InChI is InChI=1S/C16H26N4O2/c1-12(14-11-17-19(3)13(14)2)18-15(21)20-8-6-16(7-9-20)5-4-10-22-16/h11-12H,4-10H2,1-3H3,(H,18,21). The second kappa shape index (κ2) is 5.91. The van der Waals surface area contributed by atoms with E-state index in [1.807, 2.05) is 36.7 Å². The molecule has 1 spiro atoms. The summed E-state index contributed by atoms with van der Waals surface area (Å²) in [5.41, 5.74) is 2.22. The molecule has 1 unspecified atom stereocenters. The van der Waals surface area contributed by atoms with Crippen molar-refractivity contribution in [2.75, 3.05) is 19.7 Å². The molecule has 0 saturated carbocycles. The highest BCUT2D eigenvalue weighted by atomic mass is 16.5. The monoisotopic (exact) mass is 306 g/mol. The van der Waals surface area contributed by atoms with E-state index in [4.69, 9.17) is 4.74 Å². The molecule has 3 rings (SSSR count). The zero-order valence-corrected chi connectivity index (χ0v) is 13.8. The van der Waals surface area contributed by atoms with Gasteiger partial charge in [-0.25, -0.2) is 4.79 Å². The maximum Gasteiger partial charge on any atom is 0.317 e. The van der Waals surface area contributed by atoms with Crippen LogP contribution < -0.4 is 5.32 Å². The maximum atomic E-state index is 12.5. The molecular weight excluding hydrogens is 280 g/mol. The Bertz CT molecular complexity index is 538. The van der Waals surface area contributed by atoms with Crippen LogP contribution in [0, 0.1) is 6.92 Å². The summed E-state index contributed by atoms with van der Waals surface area (Å²) in [5.74, 6) is 0. The maximum absolute atomic E-state index is 12.5. The van der Waals surface area contributed by atoms with E-state index >= 15 is 0 Å². The van der Waals surface area contributed by atoms with Crippen LogP contribution in [0.4, 0.5) is 4.79 Å². The number of hydrogen-bond donors (Lipinski definition) is 1. The van der Waals surface area contributed by atoms with Crippen molar-refractivity contribution in [1.82, 2.24) is 20.0 Å². The molecule has 0 bridgehead atoms. The molecule has 2 fully saturated rings. The van der Waals surface area contributed by atoms with Gasteiger partial charge in [0, 0.05) is 38.0 Å². The molecule has 2 aliphatic rings. The first-order valence-electron chi connectivity index (χ1n) is 8.19. The normalized spacial score (nSPS) is 22.0. The number of aryl methyl sites for hydroxylation is 1. The SMILES string of the molecule is Cc1c(C(C)NC(=O)N2CCC3(CCCO3)CC2)cnn1C. The van der Waals surface area contributed by atoms with E-state index in [1.54, 1.807) is 0 Å². The van der Waals surface area contributed by atoms with Crippen LogP contribution in [0.1, 0.15) is 49.9 Å². The number of carbonyl (C=O) groups is 1. The van der Waals surface area contributed by atoms with Crippen molar-refractivity contribution in [3.05, 3.63) is 17.5 Å². The van der Waals surface area contributed by atoms with Gasteiger partial charge in [-0.2, -0.15) is 5.10 Å². The van der Waals surface area contributed by atoms with Crippen molar-refractivity contribution in [3.63, 3.8) is 0 Å². The third-order valence-electron chi connectivity index (χ3n) is 5.23. The number of piperidine rings is 1. The molecule has 2 amide bonds. The van der Waals surface area contributed by atoms with E-state index in [2.05, 4.69) is 10.4 Å². The van der Waals surface area contributed by atoms with E-state index in [0.717, 1.165) is 56.6 Å². The number of aromatic nitrogens is 2. The molecule has 3 heterocycles. The van der Waals surface area contributed by atoms with Gasteiger partial charge in [0.15, 0.2) is 0 Å². The fourth-order valence-electron chi connectivity index (χ4n) is 3.56. The molecule has 1 aromatic heterocycles. The first-order valence-corrected chi connectivity index (χ1v) is 8.19. The predicted molar refractivity (Wildman–Crippen MR) is 83.6 cm³/mol.